The van der Waals surface area contributed by atoms with Crippen LogP contribution in [0.3, 0.4) is 0 Å². The Morgan fingerprint density at radius 3 is 2.23 bits per heavy atom. The zero-order valence-electron chi connectivity index (χ0n) is 17.6. The Morgan fingerprint density at radius 2 is 1.70 bits per heavy atom. The van der Waals surface area contributed by atoms with Crippen LogP contribution >= 0.6 is 0 Å². The highest BCUT2D eigenvalue weighted by molar-refractivity contribution is 5.91. The van der Waals surface area contributed by atoms with E-state index in [2.05, 4.69) is 15.4 Å². The van der Waals surface area contributed by atoms with Crippen LogP contribution in [0.25, 0.3) is 0 Å². The molecule has 0 spiro atoms. The van der Waals surface area contributed by atoms with Crippen LogP contribution in [-0.2, 0) is 23.9 Å². The maximum absolute atomic E-state index is 12.8. The number of hydrogen-bond donors (Lipinski definition) is 3. The number of methoxy groups -OCH3 is 1. The van der Waals surface area contributed by atoms with Crippen molar-refractivity contribution < 1.29 is 33.8 Å². The summed E-state index contributed by atoms with van der Waals surface area (Å²) < 4.78 is 9.61. The molecule has 0 aliphatic rings. The number of benzene rings is 1. The predicted octanol–water partition coefficient (Wildman–Crippen LogP) is 0.362. The number of alkyl carbamates (subject to hydrolysis) is 1. The number of rotatable bonds is 9. The van der Waals surface area contributed by atoms with Gasteiger partial charge in [-0.1, -0.05) is 30.3 Å². The molecule has 10 nitrogen and oxygen atoms in total. The molecule has 1 aromatic carbocycles. The molecule has 0 saturated heterocycles. The summed E-state index contributed by atoms with van der Waals surface area (Å²) in [5.74, 6) is -1.90. The summed E-state index contributed by atoms with van der Waals surface area (Å²) in [6, 6.07) is 7.28. The molecule has 3 amide bonds. The van der Waals surface area contributed by atoms with Gasteiger partial charge in [0.05, 0.1) is 13.7 Å². The molecule has 1 aromatic rings. The zero-order valence-corrected chi connectivity index (χ0v) is 17.6. The number of hydrogen-bond acceptors (Lipinski definition) is 7. The van der Waals surface area contributed by atoms with E-state index in [1.54, 1.807) is 51.1 Å². The highest BCUT2D eigenvalue weighted by Gasteiger charge is 2.31. The van der Waals surface area contributed by atoms with Gasteiger partial charge in [0.15, 0.2) is 0 Å². The Bertz CT molecular complexity index is 732. The lowest BCUT2D eigenvalue weighted by Gasteiger charge is -2.31. The molecule has 0 saturated carbocycles. The van der Waals surface area contributed by atoms with E-state index >= 15 is 0 Å². The van der Waals surface area contributed by atoms with Crippen molar-refractivity contribution in [2.75, 3.05) is 33.4 Å². The molecular formula is C20H29N3O7. The van der Waals surface area contributed by atoms with E-state index in [9.17, 15) is 24.3 Å². The average Bonchev–Trinajstić information content (AvgIpc) is 2.69. The number of carbonyl (C=O) groups is 4. The van der Waals surface area contributed by atoms with Gasteiger partial charge in [0.2, 0.25) is 11.8 Å². The quantitative estimate of drug-likeness (QED) is 0.488. The number of aliphatic hydroxyl groups excluding tert-OH is 1. The number of carbonyl (C=O) groups excluding carboxylic acids is 4. The third-order valence-electron chi connectivity index (χ3n) is 3.75. The first-order chi connectivity index (χ1) is 14.1. The fraction of sp³-hybridized carbons (Fsp3) is 0.500. The first kappa shape index (κ1) is 24.9. The standard InChI is InChI=1S/C20H29N3O7/c1-20(2,3)30-19(28)22-12-15(25)23(10-11-24)17(14-8-6-5-7-9-14)18(27)21-13-16(26)29-4/h5-9,17,24H,10-13H2,1-4H3,(H,21,27)(H,22,28). The molecular weight excluding hydrogens is 394 g/mol. The third kappa shape index (κ3) is 8.48. The van der Waals surface area contributed by atoms with Crippen molar-refractivity contribution in [1.82, 2.24) is 15.5 Å². The minimum atomic E-state index is -1.13. The van der Waals surface area contributed by atoms with E-state index in [0.29, 0.717) is 5.56 Å². The van der Waals surface area contributed by atoms with E-state index in [1.165, 1.54) is 7.11 Å². The Hall–Kier alpha value is -3.14. The van der Waals surface area contributed by atoms with Gasteiger partial charge in [-0.2, -0.15) is 0 Å². The molecule has 10 heteroatoms. The largest absolute Gasteiger partial charge is 0.468 e. The molecule has 30 heavy (non-hydrogen) atoms. The number of nitrogens with one attached hydrogen (secondary N) is 2. The van der Waals surface area contributed by atoms with Crippen LogP contribution in [0.1, 0.15) is 32.4 Å². The number of ether oxygens (including phenoxy) is 2. The van der Waals surface area contributed by atoms with Crippen LogP contribution < -0.4 is 10.6 Å². The van der Waals surface area contributed by atoms with Gasteiger partial charge in [0.25, 0.3) is 0 Å². The monoisotopic (exact) mass is 423 g/mol. The number of amides is 3. The lowest BCUT2D eigenvalue weighted by molar-refractivity contribution is -0.144. The van der Waals surface area contributed by atoms with Crippen molar-refractivity contribution in [3.63, 3.8) is 0 Å². The minimum Gasteiger partial charge on any atom is -0.468 e. The lowest BCUT2D eigenvalue weighted by Crippen LogP contribution is -2.49. The van der Waals surface area contributed by atoms with E-state index in [-0.39, 0.29) is 13.1 Å². The second-order valence-corrected chi connectivity index (χ2v) is 7.27. The van der Waals surface area contributed by atoms with Gasteiger partial charge in [-0.25, -0.2) is 4.79 Å². The molecule has 0 radical (unpaired) electrons. The SMILES string of the molecule is COC(=O)CNC(=O)C(c1ccccc1)N(CCO)C(=O)CNC(=O)OC(C)(C)C. The molecule has 1 rings (SSSR count). The van der Waals surface area contributed by atoms with Gasteiger partial charge in [-0.05, 0) is 26.3 Å². The summed E-state index contributed by atoms with van der Waals surface area (Å²) in [5, 5.41) is 14.2. The minimum absolute atomic E-state index is 0.167. The molecule has 0 aromatic heterocycles. The van der Waals surface area contributed by atoms with Gasteiger partial charge < -0.3 is 30.1 Å². The molecule has 0 bridgehead atoms. The Kier molecular flexibility index (Phi) is 9.76. The number of aliphatic hydroxyl groups is 1. The maximum atomic E-state index is 12.8. The molecule has 0 heterocycles. The fourth-order valence-corrected chi connectivity index (χ4v) is 2.51. The van der Waals surface area contributed by atoms with Crippen LogP contribution in [0.15, 0.2) is 30.3 Å². The van der Waals surface area contributed by atoms with Crippen molar-refractivity contribution in [2.24, 2.45) is 0 Å². The second kappa shape index (κ2) is 11.8. The topological polar surface area (TPSA) is 134 Å². The first-order valence-electron chi connectivity index (χ1n) is 9.35. The molecule has 0 fully saturated rings. The van der Waals surface area contributed by atoms with Gasteiger partial charge in [-0.3, -0.25) is 14.4 Å². The van der Waals surface area contributed by atoms with Crippen molar-refractivity contribution in [3.8, 4) is 0 Å². The normalized spacial score (nSPS) is 11.8. The highest BCUT2D eigenvalue weighted by Crippen LogP contribution is 2.21. The first-order valence-corrected chi connectivity index (χ1v) is 9.35. The highest BCUT2D eigenvalue weighted by atomic mass is 16.6. The van der Waals surface area contributed by atoms with E-state index in [1.807, 2.05) is 0 Å². The van der Waals surface area contributed by atoms with Gasteiger partial charge in [-0.15, -0.1) is 0 Å². The summed E-state index contributed by atoms with van der Waals surface area (Å²) in [5.41, 5.74) is -0.267. The summed E-state index contributed by atoms with van der Waals surface area (Å²) in [4.78, 5) is 49.9. The molecule has 0 aliphatic heterocycles. The van der Waals surface area contributed by atoms with Crippen molar-refractivity contribution in [1.29, 1.82) is 0 Å². The summed E-state index contributed by atoms with van der Waals surface area (Å²) >= 11 is 0. The van der Waals surface area contributed by atoms with Gasteiger partial charge in [0.1, 0.15) is 24.7 Å². The number of nitrogens with zero attached hydrogens (tertiary/aromatic N) is 1. The molecule has 3 N–H and O–H groups in total. The smallest absolute Gasteiger partial charge is 0.408 e. The van der Waals surface area contributed by atoms with Gasteiger partial charge >= 0.3 is 12.1 Å². The average molecular weight is 423 g/mol. The van der Waals surface area contributed by atoms with Crippen LogP contribution in [0.4, 0.5) is 4.79 Å². The van der Waals surface area contributed by atoms with Crippen molar-refractivity contribution >= 4 is 23.9 Å². The maximum Gasteiger partial charge on any atom is 0.408 e. The fourth-order valence-electron chi connectivity index (χ4n) is 2.51. The number of esters is 1. The van der Waals surface area contributed by atoms with Crippen molar-refractivity contribution in [3.05, 3.63) is 35.9 Å². The molecule has 166 valence electrons. The van der Waals surface area contributed by atoms with E-state index in [0.717, 1.165) is 4.90 Å². The van der Waals surface area contributed by atoms with Gasteiger partial charge in [0, 0.05) is 6.54 Å². The molecule has 1 atom stereocenters. The Morgan fingerprint density at radius 1 is 1.07 bits per heavy atom. The second-order valence-electron chi connectivity index (χ2n) is 7.27. The summed E-state index contributed by atoms with van der Waals surface area (Å²) in [6.07, 6.45) is -0.786. The zero-order chi connectivity index (χ0) is 22.7. The Labute approximate surface area is 175 Å². The van der Waals surface area contributed by atoms with Crippen LogP contribution in [-0.4, -0.2) is 72.8 Å². The lowest BCUT2D eigenvalue weighted by atomic mass is 10.0. The summed E-state index contributed by atoms with van der Waals surface area (Å²) in [7, 11) is 1.19. The molecule has 0 aliphatic carbocycles. The van der Waals surface area contributed by atoms with E-state index in [4.69, 9.17) is 4.74 Å². The van der Waals surface area contributed by atoms with Crippen molar-refractivity contribution in [2.45, 2.75) is 32.4 Å². The summed E-state index contributed by atoms with van der Waals surface area (Å²) in [6.45, 7) is 3.65. The van der Waals surface area contributed by atoms with Crippen LogP contribution in [0, 0.1) is 0 Å². The molecule has 1 unspecified atom stereocenters. The third-order valence-corrected chi connectivity index (χ3v) is 3.75. The van der Waals surface area contributed by atoms with Crippen LogP contribution in [0.2, 0.25) is 0 Å². The van der Waals surface area contributed by atoms with E-state index < -0.39 is 48.7 Å². The Balaban J connectivity index is 3.03. The van der Waals surface area contributed by atoms with Crippen LogP contribution in [0.5, 0.6) is 0 Å². The predicted molar refractivity (Wildman–Crippen MR) is 107 cm³/mol.